The van der Waals surface area contributed by atoms with Crippen molar-refractivity contribution in [2.75, 3.05) is 5.73 Å². The summed E-state index contributed by atoms with van der Waals surface area (Å²) in [4.78, 5) is 8.22. The SMILES string of the molecule is Cc1cc(-c2cnc(N)nc2-c2ccc(C)o2)on1. The van der Waals surface area contributed by atoms with E-state index in [-0.39, 0.29) is 5.95 Å². The van der Waals surface area contributed by atoms with E-state index in [1.54, 1.807) is 6.20 Å². The number of aryl methyl sites for hydroxylation is 2. The summed E-state index contributed by atoms with van der Waals surface area (Å²) >= 11 is 0. The van der Waals surface area contributed by atoms with Crippen LogP contribution in [-0.2, 0) is 0 Å². The van der Waals surface area contributed by atoms with E-state index < -0.39 is 0 Å². The average molecular weight is 256 g/mol. The van der Waals surface area contributed by atoms with Crippen LogP contribution < -0.4 is 5.73 Å². The third-order valence-electron chi connectivity index (χ3n) is 2.67. The van der Waals surface area contributed by atoms with Gasteiger partial charge in [0.05, 0.1) is 11.3 Å². The summed E-state index contributed by atoms with van der Waals surface area (Å²) in [6.07, 6.45) is 1.61. The molecule has 3 heterocycles. The maximum absolute atomic E-state index is 5.64. The number of furan rings is 1. The molecule has 0 aliphatic heterocycles. The average Bonchev–Trinajstić information content (AvgIpc) is 2.98. The molecule has 0 bridgehead atoms. The summed E-state index contributed by atoms with van der Waals surface area (Å²) in [7, 11) is 0. The van der Waals surface area contributed by atoms with Crippen LogP contribution in [0.2, 0.25) is 0 Å². The van der Waals surface area contributed by atoms with Gasteiger partial charge in [-0.2, -0.15) is 0 Å². The van der Waals surface area contributed by atoms with Crippen LogP contribution in [0.1, 0.15) is 11.5 Å². The standard InChI is InChI=1S/C13H12N4O2/c1-7-5-11(19-17-7)9-6-15-13(14)16-12(9)10-4-3-8(2)18-10/h3-6H,1-2H3,(H2,14,15,16). The van der Waals surface area contributed by atoms with Crippen LogP contribution in [-0.4, -0.2) is 15.1 Å². The van der Waals surface area contributed by atoms with Crippen molar-refractivity contribution < 1.29 is 8.94 Å². The summed E-state index contributed by atoms with van der Waals surface area (Å²) in [5.41, 5.74) is 7.72. The number of hydrogen-bond acceptors (Lipinski definition) is 6. The first-order chi connectivity index (χ1) is 9.13. The zero-order valence-corrected chi connectivity index (χ0v) is 10.5. The fourth-order valence-electron chi connectivity index (χ4n) is 1.82. The van der Waals surface area contributed by atoms with E-state index in [1.165, 1.54) is 0 Å². The first-order valence-electron chi connectivity index (χ1n) is 5.76. The minimum Gasteiger partial charge on any atom is -0.460 e. The van der Waals surface area contributed by atoms with Gasteiger partial charge in [-0.3, -0.25) is 0 Å². The number of anilines is 1. The normalized spacial score (nSPS) is 10.8. The zero-order valence-electron chi connectivity index (χ0n) is 10.5. The van der Waals surface area contributed by atoms with Gasteiger partial charge in [0.25, 0.3) is 0 Å². The molecule has 6 heteroatoms. The third-order valence-corrected chi connectivity index (χ3v) is 2.67. The van der Waals surface area contributed by atoms with E-state index in [1.807, 2.05) is 32.0 Å². The topological polar surface area (TPSA) is 91.0 Å². The molecule has 0 radical (unpaired) electrons. The van der Waals surface area contributed by atoms with Crippen LogP contribution in [0.3, 0.4) is 0 Å². The van der Waals surface area contributed by atoms with E-state index in [9.17, 15) is 0 Å². The van der Waals surface area contributed by atoms with Gasteiger partial charge in [-0.1, -0.05) is 5.16 Å². The monoisotopic (exact) mass is 256 g/mol. The van der Waals surface area contributed by atoms with E-state index >= 15 is 0 Å². The van der Waals surface area contributed by atoms with Crippen LogP contribution in [0.5, 0.6) is 0 Å². The Morgan fingerprint density at radius 3 is 2.63 bits per heavy atom. The van der Waals surface area contributed by atoms with E-state index in [0.717, 1.165) is 11.5 Å². The Kier molecular flexibility index (Phi) is 2.56. The van der Waals surface area contributed by atoms with Crippen molar-refractivity contribution >= 4 is 5.95 Å². The summed E-state index contributed by atoms with van der Waals surface area (Å²) in [6.45, 7) is 3.72. The lowest BCUT2D eigenvalue weighted by Gasteiger charge is -2.03. The van der Waals surface area contributed by atoms with E-state index in [2.05, 4.69) is 15.1 Å². The van der Waals surface area contributed by atoms with Crippen LogP contribution in [0, 0.1) is 13.8 Å². The summed E-state index contributed by atoms with van der Waals surface area (Å²) in [6, 6.07) is 5.51. The number of nitrogen functional groups attached to an aromatic ring is 1. The van der Waals surface area contributed by atoms with E-state index in [4.69, 9.17) is 14.7 Å². The molecular formula is C13H12N4O2. The molecule has 3 aromatic heterocycles. The van der Waals surface area contributed by atoms with Crippen molar-refractivity contribution in [3.05, 3.63) is 35.9 Å². The van der Waals surface area contributed by atoms with Gasteiger partial charge in [-0.15, -0.1) is 0 Å². The second-order valence-corrected chi connectivity index (χ2v) is 4.23. The summed E-state index contributed by atoms with van der Waals surface area (Å²) < 4.78 is 10.8. The predicted octanol–water partition coefficient (Wildman–Crippen LogP) is 2.59. The van der Waals surface area contributed by atoms with Crippen LogP contribution in [0.4, 0.5) is 5.95 Å². The molecule has 0 saturated carbocycles. The van der Waals surface area contributed by atoms with Gasteiger partial charge in [-0.25, -0.2) is 9.97 Å². The molecule has 3 aromatic rings. The molecule has 0 aliphatic rings. The summed E-state index contributed by atoms with van der Waals surface area (Å²) in [5, 5.41) is 3.86. The Morgan fingerprint density at radius 2 is 2.00 bits per heavy atom. The fraction of sp³-hybridized carbons (Fsp3) is 0.154. The third kappa shape index (κ3) is 2.08. The highest BCUT2D eigenvalue weighted by Gasteiger charge is 2.16. The second kappa shape index (κ2) is 4.24. The number of hydrogen-bond donors (Lipinski definition) is 1. The molecule has 96 valence electrons. The lowest BCUT2D eigenvalue weighted by atomic mass is 10.1. The van der Waals surface area contributed by atoms with Gasteiger partial charge in [0.1, 0.15) is 11.5 Å². The van der Waals surface area contributed by atoms with Crippen LogP contribution >= 0.6 is 0 Å². The Hall–Kier alpha value is -2.63. The van der Waals surface area contributed by atoms with Crippen molar-refractivity contribution in [1.82, 2.24) is 15.1 Å². The largest absolute Gasteiger partial charge is 0.460 e. The van der Waals surface area contributed by atoms with E-state index in [0.29, 0.717) is 22.8 Å². The minimum absolute atomic E-state index is 0.184. The number of rotatable bonds is 2. The lowest BCUT2D eigenvalue weighted by molar-refractivity contribution is 0.427. The maximum Gasteiger partial charge on any atom is 0.220 e. The molecule has 0 unspecified atom stereocenters. The molecule has 0 saturated heterocycles. The van der Waals surface area contributed by atoms with Crippen molar-refractivity contribution in [1.29, 1.82) is 0 Å². The summed E-state index contributed by atoms with van der Waals surface area (Å²) in [5.74, 6) is 2.19. The Balaban J connectivity index is 2.20. The number of nitrogens with zero attached hydrogens (tertiary/aromatic N) is 3. The van der Waals surface area contributed by atoms with Crippen molar-refractivity contribution in [3.63, 3.8) is 0 Å². The maximum atomic E-state index is 5.64. The number of nitrogens with two attached hydrogens (primary N) is 1. The quantitative estimate of drug-likeness (QED) is 0.757. The van der Waals surface area contributed by atoms with Gasteiger partial charge in [0, 0.05) is 12.3 Å². The molecule has 19 heavy (non-hydrogen) atoms. The smallest absolute Gasteiger partial charge is 0.220 e. The molecule has 0 spiro atoms. The fourth-order valence-corrected chi connectivity index (χ4v) is 1.82. The molecule has 2 N–H and O–H groups in total. The molecule has 3 rings (SSSR count). The minimum atomic E-state index is 0.184. The molecular weight excluding hydrogens is 244 g/mol. The van der Waals surface area contributed by atoms with Crippen molar-refractivity contribution in [3.8, 4) is 22.8 Å². The molecule has 6 nitrogen and oxygen atoms in total. The highest BCUT2D eigenvalue weighted by Crippen LogP contribution is 2.31. The number of aromatic nitrogens is 3. The first-order valence-corrected chi connectivity index (χ1v) is 5.76. The van der Waals surface area contributed by atoms with Crippen LogP contribution in [0.15, 0.2) is 33.3 Å². The second-order valence-electron chi connectivity index (χ2n) is 4.23. The van der Waals surface area contributed by atoms with Gasteiger partial charge in [-0.05, 0) is 26.0 Å². The van der Waals surface area contributed by atoms with Crippen molar-refractivity contribution in [2.24, 2.45) is 0 Å². The first kappa shape index (κ1) is 11.5. The molecule has 0 amide bonds. The Bertz CT molecular complexity index is 730. The molecule has 0 atom stereocenters. The van der Waals surface area contributed by atoms with Gasteiger partial charge >= 0.3 is 0 Å². The Morgan fingerprint density at radius 1 is 1.16 bits per heavy atom. The van der Waals surface area contributed by atoms with Gasteiger partial charge in [0.2, 0.25) is 5.95 Å². The highest BCUT2D eigenvalue weighted by atomic mass is 16.5. The molecule has 0 aromatic carbocycles. The van der Waals surface area contributed by atoms with Crippen LogP contribution in [0.25, 0.3) is 22.8 Å². The Labute approximate surface area is 109 Å². The molecule has 0 aliphatic carbocycles. The lowest BCUT2D eigenvalue weighted by Crippen LogP contribution is -1.97. The highest BCUT2D eigenvalue weighted by molar-refractivity contribution is 5.75. The zero-order chi connectivity index (χ0) is 13.4. The predicted molar refractivity (Wildman–Crippen MR) is 69.1 cm³/mol. The van der Waals surface area contributed by atoms with Gasteiger partial charge < -0.3 is 14.7 Å². The molecule has 0 fully saturated rings. The van der Waals surface area contributed by atoms with Gasteiger partial charge in [0.15, 0.2) is 11.5 Å². The van der Waals surface area contributed by atoms with Crippen molar-refractivity contribution in [2.45, 2.75) is 13.8 Å².